The average Bonchev–Trinajstić information content (AvgIpc) is 3.09. The molecule has 1 fully saturated rings. The molecule has 36 heavy (non-hydrogen) atoms. The topological polar surface area (TPSA) is 68.8 Å². The SMILES string of the molecule is CC1(C)OB(C(=Cc2ccccc2Nc2ccccc2)CNC(=O)OCc2ccccc2)OC1(C)C. The highest BCUT2D eigenvalue weighted by molar-refractivity contribution is 6.56. The van der Waals surface area contributed by atoms with Crippen molar-refractivity contribution >= 4 is 30.7 Å². The molecule has 1 aliphatic heterocycles. The van der Waals surface area contributed by atoms with Crippen LogP contribution in [0.3, 0.4) is 0 Å². The second kappa shape index (κ2) is 11.0. The van der Waals surface area contributed by atoms with Crippen molar-refractivity contribution in [2.75, 3.05) is 11.9 Å². The third kappa shape index (κ3) is 6.36. The molecule has 1 amide bonds. The van der Waals surface area contributed by atoms with Gasteiger partial charge in [-0.3, -0.25) is 0 Å². The highest BCUT2D eigenvalue weighted by atomic mass is 16.7. The fourth-order valence-electron chi connectivity index (χ4n) is 3.76. The Bertz CT molecular complexity index is 1180. The van der Waals surface area contributed by atoms with Crippen LogP contribution in [-0.4, -0.2) is 31.0 Å². The van der Waals surface area contributed by atoms with Crippen molar-refractivity contribution in [2.24, 2.45) is 0 Å². The number of alkyl carbamates (subject to hydrolysis) is 1. The second-order valence-electron chi connectivity index (χ2n) is 9.80. The van der Waals surface area contributed by atoms with Gasteiger partial charge in [0.15, 0.2) is 0 Å². The van der Waals surface area contributed by atoms with Crippen LogP contribution >= 0.6 is 0 Å². The summed E-state index contributed by atoms with van der Waals surface area (Å²) < 4.78 is 18.0. The van der Waals surface area contributed by atoms with Gasteiger partial charge in [-0.25, -0.2) is 4.79 Å². The highest BCUT2D eigenvalue weighted by Gasteiger charge is 2.52. The molecule has 0 spiro atoms. The van der Waals surface area contributed by atoms with Crippen LogP contribution < -0.4 is 10.6 Å². The lowest BCUT2D eigenvalue weighted by Gasteiger charge is -2.32. The van der Waals surface area contributed by atoms with Gasteiger partial charge in [-0.2, -0.15) is 0 Å². The summed E-state index contributed by atoms with van der Waals surface area (Å²) in [6.45, 7) is 8.46. The van der Waals surface area contributed by atoms with Gasteiger partial charge in [0.1, 0.15) is 6.61 Å². The van der Waals surface area contributed by atoms with Crippen LogP contribution in [0.25, 0.3) is 6.08 Å². The summed E-state index contributed by atoms with van der Waals surface area (Å²) in [7, 11) is -0.616. The number of hydrogen-bond donors (Lipinski definition) is 2. The molecular weight excluding hydrogens is 451 g/mol. The molecule has 0 unspecified atom stereocenters. The number of amides is 1. The Balaban J connectivity index is 1.54. The number of carbonyl (C=O) groups is 1. The normalized spacial score (nSPS) is 16.4. The van der Waals surface area contributed by atoms with E-state index in [4.69, 9.17) is 14.0 Å². The van der Waals surface area contributed by atoms with Gasteiger partial charge in [0.25, 0.3) is 0 Å². The number of anilines is 2. The standard InChI is InChI=1S/C29H33BN2O4/c1-28(2)29(3,4)36-30(35-28)24(20-31-27(33)34-21-22-13-7-5-8-14-22)19-23-15-11-12-18-26(23)32-25-16-9-6-10-17-25/h5-19,32H,20-21H2,1-4H3,(H,31,33). The monoisotopic (exact) mass is 484 g/mol. The predicted octanol–water partition coefficient (Wildman–Crippen LogP) is 6.37. The van der Waals surface area contributed by atoms with Gasteiger partial charge in [-0.1, -0.05) is 72.8 Å². The van der Waals surface area contributed by atoms with Gasteiger partial charge < -0.3 is 24.7 Å². The van der Waals surface area contributed by atoms with Crippen LogP contribution in [0, 0.1) is 0 Å². The summed E-state index contributed by atoms with van der Waals surface area (Å²) in [5.74, 6) is 0. The summed E-state index contributed by atoms with van der Waals surface area (Å²) in [5, 5.41) is 6.33. The van der Waals surface area contributed by atoms with Crippen molar-refractivity contribution < 1.29 is 18.8 Å². The Hall–Kier alpha value is -3.55. The van der Waals surface area contributed by atoms with E-state index >= 15 is 0 Å². The van der Waals surface area contributed by atoms with Crippen LogP contribution in [-0.2, 0) is 20.7 Å². The third-order valence-electron chi connectivity index (χ3n) is 6.56. The molecule has 3 aromatic rings. The molecule has 0 aromatic heterocycles. The Morgan fingerprint density at radius 1 is 0.861 bits per heavy atom. The Morgan fingerprint density at radius 3 is 2.11 bits per heavy atom. The smallest absolute Gasteiger partial charge is 0.445 e. The van der Waals surface area contributed by atoms with Gasteiger partial charge >= 0.3 is 13.2 Å². The van der Waals surface area contributed by atoms with E-state index in [1.807, 2.05) is 119 Å². The highest BCUT2D eigenvalue weighted by Crippen LogP contribution is 2.39. The van der Waals surface area contributed by atoms with E-state index in [1.165, 1.54) is 0 Å². The first kappa shape index (κ1) is 25.5. The van der Waals surface area contributed by atoms with Crippen molar-refractivity contribution in [2.45, 2.75) is 45.5 Å². The maximum Gasteiger partial charge on any atom is 0.492 e. The molecule has 4 rings (SSSR count). The fraction of sp³-hybridized carbons (Fsp3) is 0.276. The number of benzene rings is 3. The van der Waals surface area contributed by atoms with Crippen molar-refractivity contribution in [3.05, 3.63) is 102 Å². The third-order valence-corrected chi connectivity index (χ3v) is 6.56. The van der Waals surface area contributed by atoms with E-state index in [2.05, 4.69) is 10.6 Å². The molecule has 1 heterocycles. The van der Waals surface area contributed by atoms with Crippen molar-refractivity contribution in [1.29, 1.82) is 0 Å². The van der Waals surface area contributed by atoms with E-state index in [0.29, 0.717) is 0 Å². The molecule has 2 N–H and O–H groups in total. The summed E-state index contributed by atoms with van der Waals surface area (Å²) in [6, 6.07) is 27.6. The van der Waals surface area contributed by atoms with E-state index < -0.39 is 24.4 Å². The van der Waals surface area contributed by atoms with Crippen molar-refractivity contribution in [1.82, 2.24) is 5.32 Å². The van der Waals surface area contributed by atoms with Gasteiger partial charge in [-0.05, 0) is 62.5 Å². The zero-order valence-electron chi connectivity index (χ0n) is 21.3. The summed E-state index contributed by atoms with van der Waals surface area (Å²) in [6.07, 6.45) is 1.50. The fourth-order valence-corrected chi connectivity index (χ4v) is 3.76. The zero-order chi connectivity index (χ0) is 25.6. The Kier molecular flexibility index (Phi) is 7.82. The molecule has 7 heteroatoms. The van der Waals surface area contributed by atoms with Crippen LogP contribution in [0.5, 0.6) is 0 Å². The molecule has 0 saturated carbocycles. The number of rotatable bonds is 8. The Morgan fingerprint density at radius 2 is 1.44 bits per heavy atom. The van der Waals surface area contributed by atoms with E-state index in [9.17, 15) is 4.79 Å². The van der Waals surface area contributed by atoms with Crippen molar-refractivity contribution in [3.63, 3.8) is 0 Å². The first-order chi connectivity index (χ1) is 17.2. The molecule has 186 valence electrons. The van der Waals surface area contributed by atoms with Crippen LogP contribution in [0.4, 0.5) is 16.2 Å². The first-order valence-electron chi connectivity index (χ1n) is 12.2. The lowest BCUT2D eigenvalue weighted by molar-refractivity contribution is 0.00578. The number of carbonyl (C=O) groups excluding carboxylic acids is 1. The lowest BCUT2D eigenvalue weighted by Crippen LogP contribution is -2.41. The van der Waals surface area contributed by atoms with Gasteiger partial charge in [0.2, 0.25) is 0 Å². The molecule has 0 radical (unpaired) electrons. The van der Waals surface area contributed by atoms with Crippen molar-refractivity contribution in [3.8, 4) is 0 Å². The van der Waals surface area contributed by atoms with Gasteiger partial charge in [-0.15, -0.1) is 0 Å². The minimum absolute atomic E-state index is 0.200. The molecule has 6 nitrogen and oxygen atoms in total. The zero-order valence-corrected chi connectivity index (χ0v) is 21.3. The number of ether oxygens (including phenoxy) is 1. The largest absolute Gasteiger partial charge is 0.492 e. The molecule has 0 aliphatic carbocycles. The Labute approximate surface area is 213 Å². The van der Waals surface area contributed by atoms with Crippen LogP contribution in [0.1, 0.15) is 38.8 Å². The van der Waals surface area contributed by atoms with E-state index in [0.717, 1.165) is 28.0 Å². The maximum atomic E-state index is 12.5. The number of para-hydroxylation sites is 2. The van der Waals surface area contributed by atoms with E-state index in [1.54, 1.807) is 0 Å². The van der Waals surface area contributed by atoms with Crippen LogP contribution in [0.15, 0.2) is 90.4 Å². The quantitative estimate of drug-likeness (QED) is 0.364. The lowest BCUT2D eigenvalue weighted by atomic mass is 9.77. The predicted molar refractivity (Wildman–Crippen MR) is 145 cm³/mol. The molecule has 1 saturated heterocycles. The minimum atomic E-state index is -0.616. The van der Waals surface area contributed by atoms with Gasteiger partial charge in [0.05, 0.1) is 11.2 Å². The number of hydrogen-bond acceptors (Lipinski definition) is 5. The second-order valence-corrected chi connectivity index (χ2v) is 9.80. The molecule has 3 aromatic carbocycles. The molecule has 0 bridgehead atoms. The molecular formula is C29H33BN2O4. The molecule has 0 atom stereocenters. The average molecular weight is 484 g/mol. The summed E-state index contributed by atoms with van der Waals surface area (Å²) in [4.78, 5) is 12.5. The van der Waals surface area contributed by atoms with E-state index in [-0.39, 0.29) is 13.2 Å². The van der Waals surface area contributed by atoms with Crippen LogP contribution in [0.2, 0.25) is 0 Å². The summed E-state index contributed by atoms with van der Waals surface area (Å²) >= 11 is 0. The minimum Gasteiger partial charge on any atom is -0.445 e. The number of nitrogens with one attached hydrogen (secondary N) is 2. The maximum absolute atomic E-state index is 12.5. The van der Waals surface area contributed by atoms with Gasteiger partial charge in [0, 0.05) is 17.9 Å². The first-order valence-corrected chi connectivity index (χ1v) is 12.2. The molecule has 1 aliphatic rings. The summed E-state index contributed by atoms with van der Waals surface area (Å²) in [5.41, 5.74) is 3.56.